The van der Waals surface area contributed by atoms with Crippen molar-refractivity contribution in [2.75, 3.05) is 0 Å². The van der Waals surface area contributed by atoms with Crippen molar-refractivity contribution in [3.05, 3.63) is 0 Å². The average molecular weight is 612 g/mol. The van der Waals surface area contributed by atoms with Crippen LogP contribution in [-0.2, 0) is 15.7 Å². The first kappa shape index (κ1) is 28.5. The summed E-state index contributed by atoms with van der Waals surface area (Å²) in [6.07, 6.45) is 2.17. The van der Waals surface area contributed by atoms with E-state index in [9.17, 15) is 9.59 Å². The molecule has 0 spiro atoms. The zero-order valence-corrected chi connectivity index (χ0v) is 27.2. The van der Waals surface area contributed by atoms with Crippen molar-refractivity contribution in [1.82, 2.24) is 0 Å². The fourth-order valence-electron chi connectivity index (χ4n) is 4.22. The van der Waals surface area contributed by atoms with Crippen LogP contribution in [0.25, 0.3) is 0 Å². The van der Waals surface area contributed by atoms with Crippen LogP contribution in [0.5, 0.6) is 0 Å². The van der Waals surface area contributed by atoms with Gasteiger partial charge in [0.1, 0.15) is 0 Å². The van der Waals surface area contributed by atoms with Gasteiger partial charge in [0, 0.05) is 0 Å². The summed E-state index contributed by atoms with van der Waals surface area (Å²) < 4.78 is 12.4. The van der Waals surface area contributed by atoms with Gasteiger partial charge in [-0.1, -0.05) is 0 Å². The van der Waals surface area contributed by atoms with E-state index < -0.39 is 40.3 Å². The van der Waals surface area contributed by atoms with Gasteiger partial charge in [-0.2, -0.15) is 0 Å². The van der Waals surface area contributed by atoms with Crippen molar-refractivity contribution >= 4 is 52.3 Å². The minimum atomic E-state index is -2.54. The van der Waals surface area contributed by atoms with Gasteiger partial charge < -0.3 is 0 Å². The molecule has 0 atom stereocenters. The molecule has 166 valence electrons. The molecular formula is C22H46O4Sn2. The zero-order valence-electron chi connectivity index (χ0n) is 20.6. The van der Waals surface area contributed by atoms with Crippen LogP contribution in [0, 0.1) is 0 Å². The Morgan fingerprint density at radius 2 is 0.750 bits per heavy atom. The SMILES string of the molecule is C[C](C)(C)[SnH]([O]C(=O)CCCCC(=O)[O][SnH]([C](C)(C)C)[C](C)(C)C)[C](C)(C)C. The first-order valence-electron chi connectivity index (χ1n) is 10.6. The summed E-state index contributed by atoms with van der Waals surface area (Å²) >= 11 is -5.08. The Morgan fingerprint density at radius 1 is 0.536 bits per heavy atom. The topological polar surface area (TPSA) is 52.6 Å². The van der Waals surface area contributed by atoms with Gasteiger partial charge in [0.25, 0.3) is 0 Å². The van der Waals surface area contributed by atoms with Crippen LogP contribution in [0.4, 0.5) is 0 Å². The molecule has 0 aliphatic carbocycles. The third-order valence-corrected chi connectivity index (χ3v) is 25.5. The van der Waals surface area contributed by atoms with Crippen LogP contribution in [0.1, 0.15) is 109 Å². The number of carbonyl (C=O) groups is 2. The summed E-state index contributed by atoms with van der Waals surface area (Å²) in [4.78, 5) is 24.7. The predicted octanol–water partition coefficient (Wildman–Crippen LogP) is 6.28. The van der Waals surface area contributed by atoms with Crippen molar-refractivity contribution in [2.24, 2.45) is 0 Å². The van der Waals surface area contributed by atoms with E-state index in [0.717, 1.165) is 0 Å². The van der Waals surface area contributed by atoms with Crippen LogP contribution in [-0.4, -0.2) is 52.3 Å². The molecule has 6 heteroatoms. The first-order chi connectivity index (χ1) is 12.3. The van der Waals surface area contributed by atoms with Gasteiger partial charge in [-0.3, -0.25) is 0 Å². The van der Waals surface area contributed by atoms with Crippen LogP contribution in [0.3, 0.4) is 0 Å². The molecule has 0 aromatic rings. The molecule has 4 nitrogen and oxygen atoms in total. The maximum absolute atomic E-state index is 12.4. The molecular weight excluding hydrogens is 566 g/mol. The summed E-state index contributed by atoms with van der Waals surface area (Å²) in [6, 6.07) is 0. The van der Waals surface area contributed by atoms with E-state index >= 15 is 0 Å². The molecule has 0 radical (unpaired) electrons. The van der Waals surface area contributed by atoms with Crippen LogP contribution in [0.2, 0.25) is 13.7 Å². The summed E-state index contributed by atoms with van der Waals surface area (Å²) in [7, 11) is 0. The Kier molecular flexibility index (Phi) is 10.9. The Labute approximate surface area is 189 Å². The van der Waals surface area contributed by atoms with Crippen molar-refractivity contribution in [3.63, 3.8) is 0 Å². The van der Waals surface area contributed by atoms with Crippen molar-refractivity contribution in [2.45, 2.75) is 122 Å². The third kappa shape index (κ3) is 11.1. The normalized spacial score (nSPS) is 13.8. The van der Waals surface area contributed by atoms with Gasteiger partial charge >= 0.3 is 191 Å². The molecule has 0 bridgehead atoms. The average Bonchev–Trinajstić information content (AvgIpc) is 2.42. The standard InChI is InChI=1S/C6H10O4.4C4H9.2Sn.2H/c7-5(8)3-1-2-4-6(9)10;4*1-4(2)3;;;;/h1-4H2,(H,7,8)(H,9,10);4*1-3H3;;;;/q;;;;;2*+1;;/p-2. The molecule has 28 heavy (non-hydrogen) atoms. The quantitative estimate of drug-likeness (QED) is 0.251. The summed E-state index contributed by atoms with van der Waals surface area (Å²) in [5, 5.41) is 0. The Bertz CT molecular complexity index is 441. The molecule has 0 aliphatic heterocycles. The van der Waals surface area contributed by atoms with E-state index in [2.05, 4.69) is 83.1 Å². The van der Waals surface area contributed by atoms with Gasteiger partial charge in [-0.25, -0.2) is 0 Å². The predicted molar refractivity (Wildman–Crippen MR) is 124 cm³/mol. The molecule has 0 fully saturated rings. The van der Waals surface area contributed by atoms with E-state index in [1.807, 2.05) is 0 Å². The maximum atomic E-state index is 12.4. The van der Waals surface area contributed by atoms with Gasteiger partial charge in [0.2, 0.25) is 0 Å². The van der Waals surface area contributed by atoms with E-state index in [-0.39, 0.29) is 25.7 Å². The van der Waals surface area contributed by atoms with Crippen LogP contribution in [0.15, 0.2) is 0 Å². The summed E-state index contributed by atoms with van der Waals surface area (Å²) in [6.45, 7) is 26.3. The number of carbonyl (C=O) groups excluding carboxylic acids is 2. The molecule has 0 rings (SSSR count). The van der Waals surface area contributed by atoms with Gasteiger partial charge in [0.05, 0.1) is 0 Å². The monoisotopic (exact) mass is 614 g/mol. The number of hydrogen-bond donors (Lipinski definition) is 0. The second-order valence-electron chi connectivity index (χ2n) is 12.4. The third-order valence-electron chi connectivity index (χ3n) is 4.66. The van der Waals surface area contributed by atoms with Gasteiger partial charge in [-0.15, -0.1) is 0 Å². The van der Waals surface area contributed by atoms with Crippen LogP contribution >= 0.6 is 0 Å². The molecule has 0 aromatic heterocycles. The van der Waals surface area contributed by atoms with Crippen molar-refractivity contribution in [1.29, 1.82) is 0 Å². The summed E-state index contributed by atoms with van der Waals surface area (Å²) in [5.41, 5.74) is 0. The van der Waals surface area contributed by atoms with Gasteiger partial charge in [0.15, 0.2) is 0 Å². The molecule has 0 saturated carbocycles. The van der Waals surface area contributed by atoms with E-state index in [1.54, 1.807) is 0 Å². The molecule has 0 unspecified atom stereocenters. The Balaban J connectivity index is 4.52. The van der Waals surface area contributed by atoms with Gasteiger partial charge in [-0.05, 0) is 0 Å². The number of rotatable bonds is 7. The summed E-state index contributed by atoms with van der Waals surface area (Å²) in [5.74, 6) is -0.166. The molecule has 0 saturated heterocycles. The van der Waals surface area contributed by atoms with E-state index in [1.165, 1.54) is 0 Å². The minimum absolute atomic E-state index is 0.0829. The second-order valence-corrected chi connectivity index (χ2v) is 37.9. The molecule has 0 aliphatic rings. The van der Waals surface area contributed by atoms with Crippen molar-refractivity contribution < 1.29 is 15.7 Å². The van der Waals surface area contributed by atoms with E-state index in [4.69, 9.17) is 6.15 Å². The first-order valence-corrected chi connectivity index (χ1v) is 19.9. The number of unbranched alkanes of at least 4 members (excludes halogenated alkanes) is 1. The van der Waals surface area contributed by atoms with Crippen LogP contribution < -0.4 is 0 Å². The molecule has 0 heterocycles. The number of hydrogen-bond acceptors (Lipinski definition) is 4. The van der Waals surface area contributed by atoms with E-state index in [0.29, 0.717) is 25.7 Å². The molecule has 0 amide bonds. The Hall–Kier alpha value is 0.537. The Morgan fingerprint density at radius 3 is 0.929 bits per heavy atom. The molecule has 0 N–H and O–H groups in total. The zero-order chi connectivity index (χ0) is 22.6. The molecule has 0 aromatic carbocycles. The van der Waals surface area contributed by atoms with Crippen molar-refractivity contribution in [3.8, 4) is 0 Å². The fraction of sp³-hybridized carbons (Fsp3) is 0.909. The fourth-order valence-corrected chi connectivity index (χ4v) is 25.3. The second kappa shape index (κ2) is 10.7.